The highest BCUT2D eigenvalue weighted by atomic mass is 79.9. The highest BCUT2D eigenvalue weighted by molar-refractivity contribution is 9.10. The van der Waals surface area contributed by atoms with E-state index in [0.29, 0.717) is 24.7 Å². The quantitative estimate of drug-likeness (QED) is 0.806. The number of rotatable bonds is 4. The lowest BCUT2D eigenvalue weighted by Crippen LogP contribution is -2.40. The molecule has 0 aromatic heterocycles. The fraction of sp³-hybridized carbons (Fsp3) is 0.588. The third kappa shape index (κ3) is 5.34. The van der Waals surface area contributed by atoms with E-state index in [2.05, 4.69) is 21.2 Å². The molecule has 134 valence electrons. The Bertz CT molecular complexity index is 592. The summed E-state index contributed by atoms with van der Waals surface area (Å²) in [6.45, 7) is 7.31. The lowest BCUT2D eigenvalue weighted by Gasteiger charge is -2.24. The largest absolute Gasteiger partial charge is 0.444 e. The molecule has 1 aromatic rings. The number of hydrogen-bond acceptors (Lipinski definition) is 4. The van der Waals surface area contributed by atoms with E-state index in [4.69, 9.17) is 21.1 Å². The number of hydrogen-bond donors (Lipinski definition) is 1. The van der Waals surface area contributed by atoms with Crippen molar-refractivity contribution in [3.8, 4) is 0 Å². The van der Waals surface area contributed by atoms with Gasteiger partial charge in [0.05, 0.1) is 23.7 Å². The van der Waals surface area contributed by atoms with Crippen molar-refractivity contribution in [3.05, 3.63) is 33.3 Å². The van der Waals surface area contributed by atoms with Gasteiger partial charge in [0.2, 0.25) is 0 Å². The molecule has 2 atom stereocenters. The van der Waals surface area contributed by atoms with Crippen molar-refractivity contribution in [2.45, 2.75) is 45.1 Å². The molecule has 1 N–H and O–H groups in total. The van der Waals surface area contributed by atoms with E-state index >= 15 is 0 Å². The van der Waals surface area contributed by atoms with Gasteiger partial charge in [0.1, 0.15) is 5.60 Å². The van der Waals surface area contributed by atoms with Gasteiger partial charge in [-0.05, 0) is 54.4 Å². The molecule has 0 bridgehead atoms. The lowest BCUT2D eigenvalue weighted by atomic mass is 10.2. The van der Waals surface area contributed by atoms with Crippen molar-refractivity contribution >= 4 is 33.6 Å². The summed E-state index contributed by atoms with van der Waals surface area (Å²) in [7, 11) is 1.66. The Balaban J connectivity index is 1.94. The third-order valence-corrected chi connectivity index (χ3v) is 5.01. The smallest absolute Gasteiger partial charge is 0.410 e. The number of likely N-dealkylation sites (tertiary alicyclic amines) is 1. The summed E-state index contributed by atoms with van der Waals surface area (Å²) in [5.74, 6) is 0. The van der Waals surface area contributed by atoms with Crippen LogP contribution in [0.4, 0.5) is 4.79 Å². The maximum absolute atomic E-state index is 12.2. The van der Waals surface area contributed by atoms with Gasteiger partial charge in [-0.25, -0.2) is 4.79 Å². The van der Waals surface area contributed by atoms with Crippen LogP contribution in [0.15, 0.2) is 22.7 Å². The summed E-state index contributed by atoms with van der Waals surface area (Å²) < 4.78 is 11.8. The second-order valence-corrected chi connectivity index (χ2v) is 8.16. The molecule has 1 unspecified atom stereocenters. The van der Waals surface area contributed by atoms with Gasteiger partial charge >= 0.3 is 6.09 Å². The van der Waals surface area contributed by atoms with Crippen LogP contribution in [0.5, 0.6) is 0 Å². The van der Waals surface area contributed by atoms with Crippen LogP contribution < -0.4 is 5.32 Å². The highest BCUT2D eigenvalue weighted by Crippen LogP contribution is 2.23. The first kappa shape index (κ1) is 19.5. The van der Waals surface area contributed by atoms with Gasteiger partial charge in [-0.1, -0.05) is 17.7 Å². The normalized spacial score (nSPS) is 21.2. The van der Waals surface area contributed by atoms with E-state index in [-0.39, 0.29) is 18.2 Å². The zero-order valence-electron chi connectivity index (χ0n) is 14.4. The molecular weight excluding hydrogens is 396 g/mol. The predicted molar refractivity (Wildman–Crippen MR) is 98.4 cm³/mol. The van der Waals surface area contributed by atoms with E-state index < -0.39 is 5.60 Å². The first-order valence-corrected chi connectivity index (χ1v) is 9.04. The topological polar surface area (TPSA) is 50.8 Å². The standard InChI is InChI=1S/C17H24BrClN2O3/c1-17(2,3)24-16(22)21-9-14(15(10-21)23-4)20-8-11-5-6-12(18)13(19)7-11/h5-7,14-15,20H,8-10H2,1-4H3/t14?,15-/m0/s1. The molecule has 0 radical (unpaired) electrons. The molecule has 5 nitrogen and oxygen atoms in total. The van der Waals surface area contributed by atoms with Crippen molar-refractivity contribution in [2.24, 2.45) is 0 Å². The Morgan fingerprint density at radius 2 is 2.12 bits per heavy atom. The summed E-state index contributed by atoms with van der Waals surface area (Å²) >= 11 is 9.51. The summed E-state index contributed by atoms with van der Waals surface area (Å²) in [4.78, 5) is 13.9. The molecule has 2 rings (SSSR count). The number of nitrogens with one attached hydrogen (secondary N) is 1. The fourth-order valence-electron chi connectivity index (χ4n) is 2.58. The van der Waals surface area contributed by atoms with Crippen molar-refractivity contribution in [1.29, 1.82) is 0 Å². The number of carbonyl (C=O) groups excluding carboxylic acids is 1. The fourth-order valence-corrected chi connectivity index (χ4v) is 3.03. The van der Waals surface area contributed by atoms with Crippen molar-refractivity contribution in [2.75, 3.05) is 20.2 Å². The van der Waals surface area contributed by atoms with Gasteiger partial charge in [-0.2, -0.15) is 0 Å². The van der Waals surface area contributed by atoms with E-state index in [9.17, 15) is 4.79 Å². The number of halogens is 2. The number of carbonyl (C=O) groups is 1. The summed E-state index contributed by atoms with van der Waals surface area (Å²) in [6, 6.07) is 5.89. The predicted octanol–water partition coefficient (Wildman–Crippen LogP) is 3.83. The number of benzene rings is 1. The first-order chi connectivity index (χ1) is 11.2. The van der Waals surface area contributed by atoms with Gasteiger partial charge in [-0.3, -0.25) is 0 Å². The second-order valence-electron chi connectivity index (χ2n) is 6.90. The zero-order valence-corrected chi connectivity index (χ0v) is 16.8. The molecule has 0 saturated carbocycles. The Hall–Kier alpha value is -0.820. The van der Waals surface area contributed by atoms with Crippen LogP contribution in [0.25, 0.3) is 0 Å². The van der Waals surface area contributed by atoms with Crippen LogP contribution in [-0.2, 0) is 16.0 Å². The Morgan fingerprint density at radius 3 is 2.71 bits per heavy atom. The summed E-state index contributed by atoms with van der Waals surface area (Å²) in [6.07, 6.45) is -0.371. The monoisotopic (exact) mass is 418 g/mol. The lowest BCUT2D eigenvalue weighted by molar-refractivity contribution is 0.0252. The molecule has 1 aliphatic rings. The number of methoxy groups -OCH3 is 1. The molecule has 7 heteroatoms. The van der Waals surface area contributed by atoms with Crippen molar-refractivity contribution < 1.29 is 14.3 Å². The van der Waals surface area contributed by atoms with Crippen LogP contribution in [0, 0.1) is 0 Å². The highest BCUT2D eigenvalue weighted by Gasteiger charge is 2.37. The molecule has 24 heavy (non-hydrogen) atoms. The minimum atomic E-state index is -0.501. The molecule has 1 saturated heterocycles. The van der Waals surface area contributed by atoms with Gasteiger partial charge in [-0.15, -0.1) is 0 Å². The maximum atomic E-state index is 12.2. The molecule has 1 aliphatic heterocycles. The Kier molecular flexibility index (Phi) is 6.53. The van der Waals surface area contributed by atoms with Gasteiger partial charge in [0, 0.05) is 24.7 Å². The van der Waals surface area contributed by atoms with Crippen LogP contribution in [-0.4, -0.2) is 48.9 Å². The van der Waals surface area contributed by atoms with Crippen LogP contribution in [0.1, 0.15) is 26.3 Å². The molecule has 0 aliphatic carbocycles. The molecule has 1 amide bonds. The Morgan fingerprint density at radius 1 is 1.42 bits per heavy atom. The molecule has 0 spiro atoms. The van der Waals surface area contributed by atoms with Gasteiger partial charge in [0.15, 0.2) is 0 Å². The van der Waals surface area contributed by atoms with Crippen LogP contribution in [0.3, 0.4) is 0 Å². The van der Waals surface area contributed by atoms with Crippen molar-refractivity contribution in [3.63, 3.8) is 0 Å². The average Bonchev–Trinajstić information content (AvgIpc) is 2.90. The summed E-state index contributed by atoms with van der Waals surface area (Å²) in [5, 5.41) is 4.12. The average molecular weight is 420 g/mol. The maximum Gasteiger partial charge on any atom is 0.410 e. The minimum absolute atomic E-state index is 0.0462. The van der Waals surface area contributed by atoms with Crippen LogP contribution >= 0.6 is 27.5 Å². The number of amides is 1. The molecule has 1 heterocycles. The van der Waals surface area contributed by atoms with E-state index in [1.807, 2.05) is 39.0 Å². The first-order valence-electron chi connectivity index (χ1n) is 7.87. The van der Waals surface area contributed by atoms with Crippen LogP contribution in [0.2, 0.25) is 5.02 Å². The zero-order chi connectivity index (χ0) is 17.9. The molecule has 1 aromatic carbocycles. The van der Waals surface area contributed by atoms with E-state index in [0.717, 1.165) is 10.0 Å². The molecular formula is C17H24BrClN2O3. The molecule has 1 fully saturated rings. The van der Waals surface area contributed by atoms with Gasteiger partial charge < -0.3 is 19.7 Å². The SMILES string of the molecule is CO[C@H]1CN(C(=O)OC(C)(C)C)CC1NCc1ccc(Br)c(Cl)c1. The van der Waals surface area contributed by atoms with E-state index in [1.54, 1.807) is 12.0 Å². The summed E-state index contributed by atoms with van der Waals surface area (Å²) in [5.41, 5.74) is 0.577. The van der Waals surface area contributed by atoms with E-state index in [1.165, 1.54) is 0 Å². The second kappa shape index (κ2) is 8.04. The number of nitrogens with zero attached hydrogens (tertiary/aromatic N) is 1. The van der Waals surface area contributed by atoms with Gasteiger partial charge in [0.25, 0.3) is 0 Å². The minimum Gasteiger partial charge on any atom is -0.444 e. The Labute approximate surface area is 156 Å². The third-order valence-electron chi connectivity index (χ3n) is 3.77. The number of ether oxygens (including phenoxy) is 2. The van der Waals surface area contributed by atoms with Crippen molar-refractivity contribution in [1.82, 2.24) is 10.2 Å².